The van der Waals surface area contributed by atoms with E-state index in [2.05, 4.69) is 5.43 Å². The molecule has 7 nitrogen and oxygen atoms in total. The number of pyridine rings is 1. The molecular weight excluding hydrogens is 274 g/mol. The maximum atomic E-state index is 12.0. The van der Waals surface area contributed by atoms with Gasteiger partial charge >= 0.3 is 0 Å². The van der Waals surface area contributed by atoms with E-state index in [9.17, 15) is 9.59 Å². The molecule has 0 fully saturated rings. The fourth-order valence-corrected chi connectivity index (χ4v) is 2.12. The van der Waals surface area contributed by atoms with E-state index in [1.165, 1.54) is 20.3 Å². The van der Waals surface area contributed by atoms with Crippen molar-refractivity contribution in [2.24, 2.45) is 5.84 Å². The topological polar surface area (TPSA) is 95.6 Å². The summed E-state index contributed by atoms with van der Waals surface area (Å²) in [4.78, 5) is 23.2. The monoisotopic (exact) mass is 291 g/mol. The van der Waals surface area contributed by atoms with Crippen LogP contribution in [0, 0.1) is 0 Å². The second-order valence-electron chi connectivity index (χ2n) is 4.42. The number of aryl methyl sites for hydroxylation is 1. The molecule has 112 valence electrons. The molecule has 0 bridgehead atoms. The summed E-state index contributed by atoms with van der Waals surface area (Å²) < 4.78 is 12.2. The number of ether oxygens (including phenoxy) is 2. The van der Waals surface area contributed by atoms with Gasteiger partial charge in [-0.2, -0.15) is 0 Å². The quantitative estimate of drug-likeness (QED) is 0.472. The Morgan fingerprint density at radius 2 is 1.95 bits per heavy atom. The van der Waals surface area contributed by atoms with Crippen LogP contribution in [0.15, 0.2) is 29.2 Å². The molecule has 0 aliphatic heterocycles. The van der Waals surface area contributed by atoms with Crippen molar-refractivity contribution < 1.29 is 14.3 Å². The van der Waals surface area contributed by atoms with E-state index in [1.807, 2.05) is 0 Å². The van der Waals surface area contributed by atoms with Crippen LogP contribution < -0.4 is 26.2 Å². The van der Waals surface area contributed by atoms with Crippen LogP contribution >= 0.6 is 0 Å². The number of nitrogens with one attached hydrogen (secondary N) is 1. The van der Waals surface area contributed by atoms with Gasteiger partial charge in [-0.05, 0) is 6.07 Å². The van der Waals surface area contributed by atoms with E-state index in [0.29, 0.717) is 28.9 Å². The van der Waals surface area contributed by atoms with Gasteiger partial charge in [-0.1, -0.05) is 0 Å². The minimum Gasteiger partial charge on any atom is -0.493 e. The average Bonchev–Trinajstić information content (AvgIpc) is 2.52. The zero-order chi connectivity index (χ0) is 15.4. The first-order chi connectivity index (χ1) is 10.1. The molecule has 0 atom stereocenters. The Hall–Kier alpha value is -2.54. The van der Waals surface area contributed by atoms with Crippen molar-refractivity contribution in [1.82, 2.24) is 9.99 Å². The molecule has 0 aliphatic rings. The molecule has 0 saturated heterocycles. The van der Waals surface area contributed by atoms with Gasteiger partial charge in [0.15, 0.2) is 16.9 Å². The fraction of sp³-hybridized carbons (Fsp3) is 0.286. The highest BCUT2D eigenvalue weighted by Gasteiger charge is 2.11. The molecule has 1 amide bonds. The van der Waals surface area contributed by atoms with E-state index in [-0.39, 0.29) is 17.8 Å². The van der Waals surface area contributed by atoms with Crippen molar-refractivity contribution in [3.05, 3.63) is 34.6 Å². The molecule has 1 aromatic carbocycles. The first-order valence-electron chi connectivity index (χ1n) is 6.35. The van der Waals surface area contributed by atoms with Crippen LogP contribution in [0.25, 0.3) is 10.9 Å². The van der Waals surface area contributed by atoms with Crippen molar-refractivity contribution in [3.63, 3.8) is 0 Å². The Kier molecular flexibility index (Phi) is 4.44. The second-order valence-corrected chi connectivity index (χ2v) is 4.42. The van der Waals surface area contributed by atoms with E-state index < -0.39 is 0 Å². The second kappa shape index (κ2) is 6.27. The van der Waals surface area contributed by atoms with Crippen LogP contribution in [-0.2, 0) is 11.3 Å². The number of methoxy groups -OCH3 is 2. The van der Waals surface area contributed by atoms with Gasteiger partial charge in [0.05, 0.1) is 19.7 Å². The van der Waals surface area contributed by atoms with Crippen molar-refractivity contribution in [2.45, 2.75) is 13.0 Å². The first kappa shape index (κ1) is 14.9. The molecule has 2 aromatic rings. The van der Waals surface area contributed by atoms with Crippen LogP contribution in [0.5, 0.6) is 11.5 Å². The Morgan fingerprint density at radius 1 is 1.29 bits per heavy atom. The Labute approximate surface area is 121 Å². The Balaban J connectivity index is 2.54. The summed E-state index contributed by atoms with van der Waals surface area (Å²) in [7, 11) is 3.04. The molecule has 0 radical (unpaired) electrons. The number of hydrogen-bond donors (Lipinski definition) is 2. The van der Waals surface area contributed by atoms with E-state index in [0.717, 1.165) is 0 Å². The molecule has 0 aliphatic carbocycles. The predicted octanol–water partition coefficient (Wildman–Crippen LogP) is 0.399. The molecule has 0 unspecified atom stereocenters. The standard InChI is InChI=1S/C14H17N3O4/c1-20-12-7-9-10(8-13(12)21-2)17(5-3-11(9)18)6-4-14(19)16-15/h3,5,7-8H,4,6,15H2,1-2H3,(H,16,19). The lowest BCUT2D eigenvalue weighted by molar-refractivity contribution is -0.121. The molecular formula is C14H17N3O4. The third-order valence-corrected chi connectivity index (χ3v) is 3.22. The van der Waals surface area contributed by atoms with E-state index in [1.54, 1.807) is 22.9 Å². The van der Waals surface area contributed by atoms with Crippen molar-refractivity contribution >= 4 is 16.8 Å². The number of carbonyl (C=O) groups excluding carboxylic acids is 1. The number of benzene rings is 1. The summed E-state index contributed by atoms with van der Waals surface area (Å²) in [5.74, 6) is 5.79. The molecule has 7 heteroatoms. The lowest BCUT2D eigenvalue weighted by atomic mass is 10.1. The van der Waals surface area contributed by atoms with Gasteiger partial charge < -0.3 is 14.0 Å². The molecule has 21 heavy (non-hydrogen) atoms. The zero-order valence-corrected chi connectivity index (χ0v) is 11.9. The van der Waals surface area contributed by atoms with Crippen LogP contribution in [0.4, 0.5) is 0 Å². The van der Waals surface area contributed by atoms with Gasteiger partial charge in [0.2, 0.25) is 5.91 Å². The van der Waals surface area contributed by atoms with Crippen molar-refractivity contribution in [1.29, 1.82) is 0 Å². The number of aromatic nitrogens is 1. The number of rotatable bonds is 5. The van der Waals surface area contributed by atoms with Gasteiger partial charge in [-0.15, -0.1) is 0 Å². The van der Waals surface area contributed by atoms with Gasteiger partial charge in [0.1, 0.15) is 0 Å². The van der Waals surface area contributed by atoms with Crippen LogP contribution in [-0.4, -0.2) is 24.7 Å². The summed E-state index contributed by atoms with van der Waals surface area (Å²) in [6, 6.07) is 4.81. The van der Waals surface area contributed by atoms with Crippen LogP contribution in [0.2, 0.25) is 0 Å². The summed E-state index contributed by atoms with van der Waals surface area (Å²) >= 11 is 0. The highest BCUT2D eigenvalue weighted by Crippen LogP contribution is 2.30. The highest BCUT2D eigenvalue weighted by molar-refractivity contribution is 5.83. The normalized spacial score (nSPS) is 10.4. The third-order valence-electron chi connectivity index (χ3n) is 3.22. The zero-order valence-electron chi connectivity index (χ0n) is 11.9. The van der Waals surface area contributed by atoms with Crippen LogP contribution in [0.1, 0.15) is 6.42 Å². The molecule has 0 saturated carbocycles. The maximum absolute atomic E-state index is 12.0. The Morgan fingerprint density at radius 3 is 2.57 bits per heavy atom. The summed E-state index contributed by atoms with van der Waals surface area (Å²) in [5.41, 5.74) is 2.63. The molecule has 1 aromatic heterocycles. The lowest BCUT2D eigenvalue weighted by Crippen LogP contribution is -2.30. The minimum atomic E-state index is -0.276. The van der Waals surface area contributed by atoms with Gasteiger partial charge in [0, 0.05) is 36.7 Å². The van der Waals surface area contributed by atoms with Crippen LogP contribution in [0.3, 0.4) is 0 Å². The number of nitrogens with two attached hydrogens (primary N) is 1. The average molecular weight is 291 g/mol. The van der Waals surface area contributed by atoms with Gasteiger partial charge in [-0.25, -0.2) is 5.84 Å². The SMILES string of the molecule is COc1cc2c(=O)ccn(CCC(=O)NN)c2cc1OC. The molecule has 2 rings (SSSR count). The number of hydrogen-bond acceptors (Lipinski definition) is 5. The van der Waals surface area contributed by atoms with E-state index >= 15 is 0 Å². The van der Waals surface area contributed by atoms with Crippen molar-refractivity contribution in [3.8, 4) is 11.5 Å². The van der Waals surface area contributed by atoms with Gasteiger partial charge in [-0.3, -0.25) is 15.0 Å². The number of fused-ring (bicyclic) bond motifs is 1. The number of carbonyl (C=O) groups is 1. The third kappa shape index (κ3) is 2.97. The lowest BCUT2D eigenvalue weighted by Gasteiger charge is -2.13. The Bertz CT molecular complexity index is 724. The summed E-state index contributed by atoms with van der Waals surface area (Å²) in [6.45, 7) is 0.398. The number of hydrazine groups is 1. The smallest absolute Gasteiger partial charge is 0.235 e. The summed E-state index contributed by atoms with van der Waals surface area (Å²) in [6.07, 6.45) is 1.85. The fourth-order valence-electron chi connectivity index (χ4n) is 2.12. The minimum absolute atomic E-state index is 0.120. The summed E-state index contributed by atoms with van der Waals surface area (Å²) in [5, 5.41) is 0.503. The number of amides is 1. The maximum Gasteiger partial charge on any atom is 0.235 e. The first-order valence-corrected chi connectivity index (χ1v) is 6.35. The molecule has 3 N–H and O–H groups in total. The number of nitrogens with zero attached hydrogens (tertiary/aromatic N) is 1. The van der Waals surface area contributed by atoms with E-state index in [4.69, 9.17) is 15.3 Å². The van der Waals surface area contributed by atoms with Crippen molar-refractivity contribution in [2.75, 3.05) is 14.2 Å². The molecule has 0 spiro atoms. The highest BCUT2D eigenvalue weighted by atomic mass is 16.5. The van der Waals surface area contributed by atoms with Gasteiger partial charge in [0.25, 0.3) is 0 Å². The molecule has 1 heterocycles. The largest absolute Gasteiger partial charge is 0.493 e. The predicted molar refractivity (Wildman–Crippen MR) is 78.3 cm³/mol.